The number of hydrogen-bond donors (Lipinski definition) is 2. The van der Waals surface area contributed by atoms with Gasteiger partial charge in [0.05, 0.1) is 12.1 Å². The van der Waals surface area contributed by atoms with Crippen LogP contribution in [0.15, 0.2) is 21.9 Å². The average Bonchev–Trinajstić information content (AvgIpc) is 3.29. The fourth-order valence-electron chi connectivity index (χ4n) is 4.16. The SMILES string of the molecule is CC(C)CCCC1(C(O)C=CC2COC(=O)N2CCSc2nc(C(=O)O)cs2)CCC1. The summed E-state index contributed by atoms with van der Waals surface area (Å²) in [5.74, 6) is 0.231. The van der Waals surface area contributed by atoms with Crippen LogP contribution in [0.1, 0.15) is 62.9 Å². The van der Waals surface area contributed by atoms with Crippen LogP contribution in [-0.4, -0.2) is 63.2 Å². The molecule has 2 unspecified atom stereocenters. The summed E-state index contributed by atoms with van der Waals surface area (Å²) in [4.78, 5) is 28.8. The predicted molar refractivity (Wildman–Crippen MR) is 122 cm³/mol. The second-order valence-electron chi connectivity index (χ2n) is 8.82. The number of rotatable bonds is 12. The van der Waals surface area contributed by atoms with Crippen LogP contribution in [0.4, 0.5) is 4.79 Å². The van der Waals surface area contributed by atoms with E-state index in [2.05, 4.69) is 18.8 Å². The maximum absolute atomic E-state index is 12.1. The number of aromatic carboxylic acids is 1. The maximum Gasteiger partial charge on any atom is 0.410 e. The van der Waals surface area contributed by atoms with Gasteiger partial charge in [-0.15, -0.1) is 11.3 Å². The molecule has 31 heavy (non-hydrogen) atoms. The number of thiazole rings is 1. The monoisotopic (exact) mass is 468 g/mol. The lowest BCUT2D eigenvalue weighted by atomic mass is 9.62. The largest absolute Gasteiger partial charge is 0.476 e. The molecule has 9 heteroatoms. The number of hydrogen-bond acceptors (Lipinski definition) is 7. The molecule has 7 nitrogen and oxygen atoms in total. The quantitative estimate of drug-likeness (QED) is 0.340. The van der Waals surface area contributed by atoms with Gasteiger partial charge in [-0.1, -0.05) is 57.0 Å². The maximum atomic E-state index is 12.1. The molecule has 1 aromatic heterocycles. The molecule has 1 aromatic rings. The van der Waals surface area contributed by atoms with Gasteiger partial charge in [0.2, 0.25) is 0 Å². The Balaban J connectivity index is 1.51. The van der Waals surface area contributed by atoms with Crippen LogP contribution in [0.5, 0.6) is 0 Å². The number of aromatic nitrogens is 1. The van der Waals surface area contributed by atoms with E-state index >= 15 is 0 Å². The third-order valence-electron chi connectivity index (χ3n) is 6.22. The van der Waals surface area contributed by atoms with Crippen LogP contribution in [0.25, 0.3) is 0 Å². The van der Waals surface area contributed by atoms with Crippen LogP contribution >= 0.6 is 23.1 Å². The first-order valence-electron chi connectivity index (χ1n) is 10.9. The molecule has 0 spiro atoms. The average molecular weight is 469 g/mol. The summed E-state index contributed by atoms with van der Waals surface area (Å²) in [6.07, 6.45) is 9.57. The number of amides is 1. The number of thioether (sulfide) groups is 1. The van der Waals surface area contributed by atoms with E-state index in [0.717, 1.165) is 25.7 Å². The number of aliphatic hydroxyl groups excluding tert-OH is 1. The number of ether oxygens (including phenoxy) is 1. The van der Waals surface area contributed by atoms with Gasteiger partial charge in [-0.2, -0.15) is 0 Å². The van der Waals surface area contributed by atoms with Crippen LogP contribution in [0, 0.1) is 11.3 Å². The Morgan fingerprint density at radius 1 is 1.48 bits per heavy atom. The minimum Gasteiger partial charge on any atom is -0.476 e. The lowest BCUT2D eigenvalue weighted by Crippen LogP contribution is -2.41. The molecule has 2 atom stereocenters. The zero-order valence-corrected chi connectivity index (χ0v) is 19.8. The highest BCUT2D eigenvalue weighted by atomic mass is 32.2. The van der Waals surface area contributed by atoms with Gasteiger partial charge in [0, 0.05) is 17.7 Å². The molecule has 0 radical (unpaired) electrons. The van der Waals surface area contributed by atoms with Crippen LogP contribution in [-0.2, 0) is 4.74 Å². The van der Waals surface area contributed by atoms with E-state index in [9.17, 15) is 14.7 Å². The van der Waals surface area contributed by atoms with Crippen molar-refractivity contribution in [2.45, 2.75) is 68.9 Å². The van der Waals surface area contributed by atoms with Crippen molar-refractivity contribution in [1.82, 2.24) is 9.88 Å². The molecule has 172 valence electrons. The van der Waals surface area contributed by atoms with Crippen molar-refractivity contribution in [2.24, 2.45) is 11.3 Å². The lowest BCUT2D eigenvalue weighted by molar-refractivity contribution is -0.0150. The first-order chi connectivity index (χ1) is 14.8. The molecule has 0 aromatic carbocycles. The van der Waals surface area contributed by atoms with Crippen molar-refractivity contribution in [3.05, 3.63) is 23.2 Å². The molecular weight excluding hydrogens is 436 g/mol. The summed E-state index contributed by atoms with van der Waals surface area (Å²) in [6, 6.07) is -0.193. The Bertz CT molecular complexity index is 791. The molecule has 2 fully saturated rings. The number of aliphatic hydroxyl groups is 1. The third-order valence-corrected chi connectivity index (χ3v) is 8.22. The number of carboxylic acids is 1. The highest BCUT2D eigenvalue weighted by Gasteiger charge is 2.42. The minimum absolute atomic E-state index is 0.0117. The molecule has 2 heterocycles. The Kier molecular flexibility index (Phi) is 8.41. The number of carboxylic acid groups (broad SMARTS) is 1. The van der Waals surface area contributed by atoms with E-state index in [-0.39, 0.29) is 29.9 Å². The Morgan fingerprint density at radius 2 is 2.26 bits per heavy atom. The fourth-order valence-corrected chi connectivity index (χ4v) is 5.97. The number of carbonyl (C=O) groups excluding carboxylic acids is 1. The number of carbonyl (C=O) groups is 2. The smallest absolute Gasteiger partial charge is 0.410 e. The summed E-state index contributed by atoms with van der Waals surface area (Å²) >= 11 is 2.71. The normalized spacial score (nSPS) is 21.5. The van der Waals surface area contributed by atoms with E-state index in [4.69, 9.17) is 9.84 Å². The van der Waals surface area contributed by atoms with E-state index in [1.807, 2.05) is 12.2 Å². The molecule has 3 rings (SSSR count). The van der Waals surface area contributed by atoms with Gasteiger partial charge in [-0.3, -0.25) is 4.90 Å². The highest BCUT2D eigenvalue weighted by molar-refractivity contribution is 8.01. The van der Waals surface area contributed by atoms with Gasteiger partial charge in [0.25, 0.3) is 0 Å². The Morgan fingerprint density at radius 3 is 2.87 bits per heavy atom. The van der Waals surface area contributed by atoms with Crippen molar-refractivity contribution >= 4 is 35.2 Å². The zero-order chi connectivity index (χ0) is 22.4. The number of nitrogens with zero attached hydrogens (tertiary/aromatic N) is 2. The molecule has 1 aliphatic carbocycles. The van der Waals surface area contributed by atoms with Gasteiger partial charge in [0.1, 0.15) is 6.61 Å². The van der Waals surface area contributed by atoms with Crippen molar-refractivity contribution in [1.29, 1.82) is 0 Å². The third kappa shape index (κ3) is 6.23. The summed E-state index contributed by atoms with van der Waals surface area (Å²) in [7, 11) is 0. The Labute approximate surface area is 191 Å². The van der Waals surface area contributed by atoms with Crippen molar-refractivity contribution in [3.8, 4) is 0 Å². The second-order valence-corrected chi connectivity index (χ2v) is 11.0. The minimum atomic E-state index is -1.04. The summed E-state index contributed by atoms with van der Waals surface area (Å²) in [5.41, 5.74) is 0.0311. The van der Waals surface area contributed by atoms with Crippen LogP contribution in [0.2, 0.25) is 0 Å². The lowest BCUT2D eigenvalue weighted by Gasteiger charge is -2.45. The van der Waals surface area contributed by atoms with E-state index < -0.39 is 12.1 Å². The van der Waals surface area contributed by atoms with Crippen molar-refractivity contribution in [2.75, 3.05) is 18.9 Å². The molecule has 2 aliphatic rings. The van der Waals surface area contributed by atoms with Crippen molar-refractivity contribution in [3.63, 3.8) is 0 Å². The fraction of sp³-hybridized carbons (Fsp3) is 0.682. The molecule has 0 bridgehead atoms. The highest BCUT2D eigenvalue weighted by Crippen LogP contribution is 2.48. The molecule has 1 saturated heterocycles. The molecular formula is C22H32N2O5S2. The molecule has 1 amide bonds. The van der Waals surface area contributed by atoms with Gasteiger partial charge >= 0.3 is 12.1 Å². The molecule has 2 N–H and O–H groups in total. The molecule has 1 aliphatic heterocycles. The topological polar surface area (TPSA) is 100.0 Å². The standard InChI is InChI=1S/C22H32N2O5S2/c1-15(2)5-3-8-22(9-4-10-22)18(25)7-6-16-13-29-21(28)24(16)11-12-30-20-23-17(14-31-20)19(26)27/h6-7,14-16,18,25H,3-5,8-13H2,1-2H3,(H,26,27). The van der Waals surface area contributed by atoms with Crippen LogP contribution < -0.4 is 0 Å². The summed E-state index contributed by atoms with van der Waals surface area (Å²) < 4.78 is 5.89. The van der Waals surface area contributed by atoms with Crippen molar-refractivity contribution < 1.29 is 24.5 Å². The summed E-state index contributed by atoms with van der Waals surface area (Å²) in [6.45, 7) is 5.21. The second kappa shape index (κ2) is 10.8. The van der Waals surface area contributed by atoms with E-state index in [1.54, 1.807) is 4.90 Å². The van der Waals surface area contributed by atoms with Gasteiger partial charge in [-0.05, 0) is 30.6 Å². The van der Waals surface area contributed by atoms with Gasteiger partial charge < -0.3 is 14.9 Å². The van der Waals surface area contributed by atoms with Gasteiger partial charge in [-0.25, -0.2) is 14.6 Å². The van der Waals surface area contributed by atoms with Crippen LogP contribution in [0.3, 0.4) is 0 Å². The van der Waals surface area contributed by atoms with E-state index in [0.29, 0.717) is 22.6 Å². The van der Waals surface area contributed by atoms with E-state index in [1.165, 1.54) is 41.3 Å². The first kappa shape index (κ1) is 24.1. The molecule has 1 saturated carbocycles. The summed E-state index contributed by atoms with van der Waals surface area (Å²) in [5, 5.41) is 21.4. The zero-order valence-electron chi connectivity index (χ0n) is 18.2. The van der Waals surface area contributed by atoms with Gasteiger partial charge in [0.15, 0.2) is 10.0 Å². The predicted octanol–water partition coefficient (Wildman–Crippen LogP) is 4.67. The Hall–Kier alpha value is -1.58. The first-order valence-corrected chi connectivity index (χ1v) is 12.8. The number of cyclic esters (lactones) is 1.